The first kappa shape index (κ1) is 20.8. The van der Waals surface area contributed by atoms with Crippen LogP contribution in [0.25, 0.3) is 0 Å². The van der Waals surface area contributed by atoms with E-state index in [1.54, 1.807) is 29.2 Å². The van der Waals surface area contributed by atoms with Gasteiger partial charge in [-0.2, -0.15) is 0 Å². The molecule has 0 N–H and O–H groups in total. The zero-order chi connectivity index (χ0) is 21.8. The molecule has 3 aromatic carbocycles. The lowest BCUT2D eigenvalue weighted by molar-refractivity contribution is -0.120. The van der Waals surface area contributed by atoms with Crippen LogP contribution in [0.15, 0.2) is 100 Å². The van der Waals surface area contributed by atoms with Crippen molar-refractivity contribution in [2.75, 3.05) is 23.5 Å². The zero-order valence-corrected chi connectivity index (χ0v) is 18.1. The van der Waals surface area contributed by atoms with Crippen molar-refractivity contribution < 1.29 is 14.3 Å². The van der Waals surface area contributed by atoms with Gasteiger partial charge in [0, 0.05) is 17.6 Å². The van der Waals surface area contributed by atoms with E-state index in [9.17, 15) is 9.59 Å². The van der Waals surface area contributed by atoms with Gasteiger partial charge in [-0.25, -0.2) is 4.90 Å². The van der Waals surface area contributed by atoms with Crippen LogP contribution in [0.2, 0.25) is 0 Å². The molecule has 1 aliphatic rings. The predicted octanol–water partition coefficient (Wildman–Crippen LogP) is 5.10. The number of likely N-dealkylation sites (N-methyl/N-ethyl adjacent to an activating group) is 1. The molecule has 1 heterocycles. The summed E-state index contributed by atoms with van der Waals surface area (Å²) in [6.07, 6.45) is 0. The number of imide groups is 1. The first-order valence-electron chi connectivity index (χ1n) is 9.97. The van der Waals surface area contributed by atoms with E-state index in [1.165, 1.54) is 16.7 Å². The lowest BCUT2D eigenvalue weighted by Gasteiger charge is -2.21. The SMILES string of the molecule is CCOc1ccc(N2C(=O)C(Sc3ccccc3)=C(N(C)c3ccccc3)C2=O)cc1. The lowest BCUT2D eigenvalue weighted by atomic mass is 10.2. The van der Waals surface area contributed by atoms with Crippen molar-refractivity contribution >= 4 is 35.0 Å². The summed E-state index contributed by atoms with van der Waals surface area (Å²) in [5.74, 6) is 0.0125. The predicted molar refractivity (Wildman–Crippen MR) is 124 cm³/mol. The molecule has 4 rings (SSSR count). The third kappa shape index (κ3) is 4.20. The molecule has 0 radical (unpaired) electrons. The quantitative estimate of drug-likeness (QED) is 0.488. The van der Waals surface area contributed by atoms with Crippen molar-refractivity contribution in [2.24, 2.45) is 0 Å². The molecule has 0 saturated heterocycles. The van der Waals surface area contributed by atoms with Gasteiger partial charge in [-0.1, -0.05) is 48.2 Å². The molecule has 0 atom stereocenters. The molecule has 0 aliphatic carbocycles. The van der Waals surface area contributed by atoms with E-state index >= 15 is 0 Å². The number of nitrogens with zero attached hydrogens (tertiary/aromatic N) is 2. The molecular weight excluding hydrogens is 408 g/mol. The minimum Gasteiger partial charge on any atom is -0.494 e. The van der Waals surface area contributed by atoms with Crippen molar-refractivity contribution in [1.82, 2.24) is 0 Å². The van der Waals surface area contributed by atoms with E-state index in [-0.39, 0.29) is 11.8 Å². The Kier molecular flexibility index (Phi) is 6.09. The van der Waals surface area contributed by atoms with Gasteiger partial charge in [-0.3, -0.25) is 9.59 Å². The van der Waals surface area contributed by atoms with Crippen molar-refractivity contribution in [1.29, 1.82) is 0 Å². The highest BCUT2D eigenvalue weighted by atomic mass is 32.2. The molecule has 0 unspecified atom stereocenters. The minimum absolute atomic E-state index is 0.333. The highest BCUT2D eigenvalue weighted by Gasteiger charge is 2.42. The molecule has 2 amide bonds. The van der Waals surface area contributed by atoms with Gasteiger partial charge in [0.2, 0.25) is 0 Å². The Morgan fingerprint density at radius 2 is 1.45 bits per heavy atom. The molecule has 1 aliphatic heterocycles. The number of hydrogen-bond donors (Lipinski definition) is 0. The van der Waals surface area contributed by atoms with Crippen molar-refractivity contribution in [2.45, 2.75) is 11.8 Å². The van der Waals surface area contributed by atoms with Gasteiger partial charge in [-0.05, 0) is 55.5 Å². The fraction of sp³-hybridized carbons (Fsp3) is 0.120. The second-order valence-electron chi connectivity index (χ2n) is 6.86. The standard InChI is InChI=1S/C25H22N2O3S/c1-3-30-20-16-14-19(15-17-20)27-24(28)22(26(2)18-10-6-4-7-11-18)23(25(27)29)31-21-12-8-5-9-13-21/h4-17H,3H2,1-2H3. The largest absolute Gasteiger partial charge is 0.494 e. The van der Waals surface area contributed by atoms with Crippen LogP contribution in [0.5, 0.6) is 5.75 Å². The monoisotopic (exact) mass is 430 g/mol. The van der Waals surface area contributed by atoms with Gasteiger partial charge in [0.1, 0.15) is 16.4 Å². The summed E-state index contributed by atoms with van der Waals surface area (Å²) in [4.78, 5) is 31.3. The van der Waals surface area contributed by atoms with E-state index in [0.717, 1.165) is 10.6 Å². The van der Waals surface area contributed by atoms with Crippen LogP contribution in [0, 0.1) is 0 Å². The van der Waals surface area contributed by atoms with Gasteiger partial charge in [-0.15, -0.1) is 0 Å². The van der Waals surface area contributed by atoms with Crippen molar-refractivity contribution in [3.05, 3.63) is 95.5 Å². The average Bonchev–Trinajstić information content (AvgIpc) is 3.05. The highest BCUT2D eigenvalue weighted by Crippen LogP contribution is 2.39. The Balaban J connectivity index is 1.74. The number of anilines is 2. The molecule has 0 bridgehead atoms. The molecule has 0 saturated carbocycles. The third-order valence-electron chi connectivity index (χ3n) is 4.87. The van der Waals surface area contributed by atoms with E-state index in [2.05, 4.69) is 0 Å². The van der Waals surface area contributed by atoms with E-state index < -0.39 is 0 Å². The third-order valence-corrected chi connectivity index (χ3v) is 5.95. The van der Waals surface area contributed by atoms with Crippen LogP contribution >= 0.6 is 11.8 Å². The number of rotatable bonds is 7. The summed E-state index contributed by atoms with van der Waals surface area (Å²) >= 11 is 1.31. The van der Waals surface area contributed by atoms with E-state index in [1.807, 2.05) is 74.6 Å². The van der Waals surface area contributed by atoms with Crippen LogP contribution in [-0.2, 0) is 9.59 Å². The maximum Gasteiger partial charge on any atom is 0.283 e. The van der Waals surface area contributed by atoms with Crippen LogP contribution in [0.3, 0.4) is 0 Å². The molecule has 0 spiro atoms. The number of para-hydroxylation sites is 1. The Morgan fingerprint density at radius 1 is 0.839 bits per heavy atom. The summed E-state index contributed by atoms with van der Waals surface area (Å²) in [7, 11) is 1.81. The van der Waals surface area contributed by atoms with Crippen LogP contribution in [0.1, 0.15) is 6.92 Å². The maximum absolute atomic E-state index is 13.5. The Labute approximate surface area is 185 Å². The van der Waals surface area contributed by atoms with E-state index in [4.69, 9.17) is 4.74 Å². The van der Waals surface area contributed by atoms with E-state index in [0.29, 0.717) is 28.6 Å². The number of amides is 2. The average molecular weight is 431 g/mol. The summed E-state index contributed by atoms with van der Waals surface area (Å²) in [5.41, 5.74) is 1.71. The summed E-state index contributed by atoms with van der Waals surface area (Å²) in [6, 6.07) is 26.1. The topological polar surface area (TPSA) is 49.9 Å². The summed E-state index contributed by atoms with van der Waals surface area (Å²) in [6.45, 7) is 2.45. The second-order valence-corrected chi connectivity index (χ2v) is 7.94. The smallest absolute Gasteiger partial charge is 0.283 e. The fourth-order valence-electron chi connectivity index (χ4n) is 3.37. The summed E-state index contributed by atoms with van der Waals surface area (Å²) in [5, 5.41) is 0. The normalized spacial score (nSPS) is 13.7. The second kappa shape index (κ2) is 9.10. The first-order chi connectivity index (χ1) is 15.1. The highest BCUT2D eigenvalue weighted by molar-refractivity contribution is 8.04. The first-order valence-corrected chi connectivity index (χ1v) is 10.8. The number of benzene rings is 3. The van der Waals surface area contributed by atoms with Crippen LogP contribution in [0.4, 0.5) is 11.4 Å². The number of thioether (sulfide) groups is 1. The molecule has 3 aromatic rings. The number of ether oxygens (including phenoxy) is 1. The molecule has 6 heteroatoms. The molecule has 0 aromatic heterocycles. The Morgan fingerprint density at radius 3 is 2.06 bits per heavy atom. The number of carbonyl (C=O) groups excluding carboxylic acids is 2. The fourth-order valence-corrected chi connectivity index (χ4v) is 4.39. The minimum atomic E-state index is -0.348. The number of carbonyl (C=O) groups is 2. The molecule has 156 valence electrons. The van der Waals surface area contributed by atoms with Crippen LogP contribution in [-0.4, -0.2) is 25.5 Å². The van der Waals surface area contributed by atoms with Crippen LogP contribution < -0.4 is 14.5 Å². The van der Waals surface area contributed by atoms with Gasteiger partial charge in [0.05, 0.1) is 12.3 Å². The van der Waals surface area contributed by atoms with Gasteiger partial charge in [0.15, 0.2) is 0 Å². The lowest BCUT2D eigenvalue weighted by Crippen LogP contribution is -2.34. The maximum atomic E-state index is 13.5. The zero-order valence-electron chi connectivity index (χ0n) is 17.3. The molecule has 31 heavy (non-hydrogen) atoms. The Bertz CT molecular complexity index is 1110. The van der Waals surface area contributed by atoms with Gasteiger partial charge >= 0.3 is 0 Å². The Hall–Kier alpha value is -3.51. The number of hydrogen-bond acceptors (Lipinski definition) is 5. The summed E-state index contributed by atoms with van der Waals surface area (Å²) < 4.78 is 5.48. The van der Waals surface area contributed by atoms with Crippen molar-refractivity contribution in [3.63, 3.8) is 0 Å². The van der Waals surface area contributed by atoms with Gasteiger partial charge < -0.3 is 9.64 Å². The van der Waals surface area contributed by atoms with Crippen molar-refractivity contribution in [3.8, 4) is 5.75 Å². The van der Waals surface area contributed by atoms with Gasteiger partial charge in [0.25, 0.3) is 11.8 Å². The molecule has 0 fully saturated rings. The molecule has 5 nitrogen and oxygen atoms in total. The molecular formula is C25H22N2O3S.